The molecule has 0 aliphatic heterocycles. The molecule has 0 atom stereocenters. The molecule has 0 fully saturated rings. The third kappa shape index (κ3) is 3.98. The highest BCUT2D eigenvalue weighted by Crippen LogP contribution is 2.13. The summed E-state index contributed by atoms with van der Waals surface area (Å²) in [7, 11) is 0. The first-order chi connectivity index (χ1) is 11.7. The summed E-state index contributed by atoms with van der Waals surface area (Å²) in [6.07, 6.45) is 3.47. The van der Waals surface area contributed by atoms with E-state index in [0.29, 0.717) is 0 Å². The number of para-hydroxylation sites is 2. The number of nitrogens with zero attached hydrogens (tertiary/aromatic N) is 4. The van der Waals surface area contributed by atoms with Crippen molar-refractivity contribution in [3.05, 3.63) is 84.4 Å². The normalized spacial score (nSPS) is 12.2. The van der Waals surface area contributed by atoms with Gasteiger partial charge in [0.2, 0.25) is 0 Å². The van der Waals surface area contributed by atoms with Crippen LogP contribution in [0.5, 0.6) is 0 Å². The van der Waals surface area contributed by atoms with Gasteiger partial charge in [0.1, 0.15) is 11.4 Å². The second-order valence-corrected chi connectivity index (χ2v) is 5.35. The lowest BCUT2D eigenvalue weighted by Gasteiger charge is -2.03. The number of rotatable bonds is 4. The molecule has 0 aliphatic carbocycles. The highest BCUT2D eigenvalue weighted by Gasteiger charge is 2.04. The smallest absolute Gasteiger partial charge is 0.102 e. The fourth-order valence-electron chi connectivity index (χ4n) is 2.21. The largest absolute Gasteiger partial charge is 0.251 e. The second kappa shape index (κ2) is 7.42. The van der Waals surface area contributed by atoms with Gasteiger partial charge in [-0.2, -0.15) is 0 Å². The van der Waals surface area contributed by atoms with Gasteiger partial charge in [0.05, 0.1) is 35.2 Å². The first-order valence-electron chi connectivity index (χ1n) is 7.76. The lowest BCUT2D eigenvalue weighted by Crippen LogP contribution is -2.04. The Morgan fingerprint density at radius 3 is 1.33 bits per heavy atom. The van der Waals surface area contributed by atoms with Crippen molar-refractivity contribution in [1.29, 1.82) is 0 Å². The highest BCUT2D eigenvalue weighted by molar-refractivity contribution is 6.00. The van der Waals surface area contributed by atoms with Crippen LogP contribution in [-0.4, -0.2) is 21.4 Å². The Bertz CT molecular complexity index is 777. The zero-order chi connectivity index (χ0) is 16.8. The van der Waals surface area contributed by atoms with Crippen molar-refractivity contribution in [2.75, 3.05) is 0 Å². The van der Waals surface area contributed by atoms with E-state index in [-0.39, 0.29) is 0 Å². The maximum absolute atomic E-state index is 4.56. The Kier molecular flexibility index (Phi) is 4.87. The molecule has 0 aliphatic rings. The summed E-state index contributed by atoms with van der Waals surface area (Å²) < 4.78 is 0. The van der Waals surface area contributed by atoms with Gasteiger partial charge in [0, 0.05) is 0 Å². The van der Waals surface area contributed by atoms with E-state index >= 15 is 0 Å². The van der Waals surface area contributed by atoms with Gasteiger partial charge in [0.25, 0.3) is 0 Å². The van der Waals surface area contributed by atoms with Crippen molar-refractivity contribution in [2.45, 2.75) is 13.8 Å². The molecule has 1 aromatic heterocycles. The van der Waals surface area contributed by atoms with Crippen LogP contribution in [-0.2, 0) is 0 Å². The molecule has 0 radical (unpaired) electrons. The summed E-state index contributed by atoms with van der Waals surface area (Å²) in [6.45, 7) is 3.86. The summed E-state index contributed by atoms with van der Waals surface area (Å²) in [5.41, 5.74) is 4.99. The summed E-state index contributed by atoms with van der Waals surface area (Å²) in [6, 6.07) is 19.6. The van der Waals surface area contributed by atoms with E-state index in [9.17, 15) is 0 Å². The molecule has 3 rings (SSSR count). The molecule has 4 heteroatoms. The minimum absolute atomic E-state index is 0.759. The van der Waals surface area contributed by atoms with E-state index in [4.69, 9.17) is 0 Å². The number of hydrogen-bond acceptors (Lipinski definition) is 4. The molecule has 24 heavy (non-hydrogen) atoms. The van der Waals surface area contributed by atoms with Crippen molar-refractivity contribution >= 4 is 22.8 Å². The molecule has 4 nitrogen and oxygen atoms in total. The van der Waals surface area contributed by atoms with Crippen molar-refractivity contribution in [2.24, 2.45) is 9.98 Å². The Labute approximate surface area is 141 Å². The molecule has 0 amide bonds. The molecule has 3 aromatic rings. The summed E-state index contributed by atoms with van der Waals surface area (Å²) >= 11 is 0. The summed E-state index contributed by atoms with van der Waals surface area (Å²) in [5.74, 6) is 0. The molecule has 0 N–H and O–H groups in total. The van der Waals surface area contributed by atoms with Gasteiger partial charge < -0.3 is 0 Å². The van der Waals surface area contributed by atoms with Crippen LogP contribution >= 0.6 is 0 Å². The minimum Gasteiger partial charge on any atom is -0.251 e. The predicted octanol–water partition coefficient (Wildman–Crippen LogP) is 4.76. The highest BCUT2D eigenvalue weighted by atomic mass is 14.9. The zero-order valence-electron chi connectivity index (χ0n) is 13.7. The van der Waals surface area contributed by atoms with Gasteiger partial charge in [-0.05, 0) is 38.1 Å². The molecular weight excluding hydrogens is 296 g/mol. The van der Waals surface area contributed by atoms with Crippen molar-refractivity contribution in [1.82, 2.24) is 9.97 Å². The first kappa shape index (κ1) is 15.7. The van der Waals surface area contributed by atoms with Crippen molar-refractivity contribution in [3.8, 4) is 0 Å². The lowest BCUT2D eigenvalue weighted by molar-refractivity contribution is 1.15. The standard InChI is InChI=1S/C20H18N4/c1-15(23-17-9-5-3-6-10-17)19-13-22-20(14-21-19)16(2)24-18-11-7-4-8-12-18/h3-14H,1-2H3. The van der Waals surface area contributed by atoms with E-state index in [2.05, 4.69) is 20.0 Å². The Balaban J connectivity index is 1.80. The summed E-state index contributed by atoms with van der Waals surface area (Å²) in [4.78, 5) is 18.0. The Morgan fingerprint density at radius 1 is 0.625 bits per heavy atom. The van der Waals surface area contributed by atoms with E-state index in [1.165, 1.54) is 0 Å². The van der Waals surface area contributed by atoms with Gasteiger partial charge in [-0.3, -0.25) is 20.0 Å². The van der Waals surface area contributed by atoms with Crippen molar-refractivity contribution in [3.63, 3.8) is 0 Å². The fourth-order valence-corrected chi connectivity index (χ4v) is 2.21. The van der Waals surface area contributed by atoms with Crippen LogP contribution < -0.4 is 0 Å². The summed E-state index contributed by atoms with van der Waals surface area (Å²) in [5, 5.41) is 0. The van der Waals surface area contributed by atoms with Crippen LogP contribution in [0.25, 0.3) is 0 Å². The van der Waals surface area contributed by atoms with Crippen LogP contribution in [0.1, 0.15) is 25.2 Å². The number of benzene rings is 2. The number of aliphatic imine (C=N–C) groups is 2. The molecule has 0 bridgehead atoms. The molecule has 1 heterocycles. The van der Waals surface area contributed by atoms with E-state index in [1.807, 2.05) is 74.5 Å². The van der Waals surface area contributed by atoms with Gasteiger partial charge in [-0.1, -0.05) is 36.4 Å². The Morgan fingerprint density at radius 2 is 1.00 bits per heavy atom. The third-order valence-corrected chi connectivity index (χ3v) is 3.50. The zero-order valence-corrected chi connectivity index (χ0v) is 13.7. The average Bonchev–Trinajstić information content (AvgIpc) is 2.63. The SMILES string of the molecule is CC(=Nc1ccccc1)c1cnc(C(C)=Nc2ccccc2)cn1. The first-order valence-corrected chi connectivity index (χ1v) is 7.76. The maximum atomic E-state index is 4.56. The molecule has 0 saturated heterocycles. The third-order valence-electron chi connectivity index (χ3n) is 3.50. The average molecular weight is 314 g/mol. The molecule has 0 saturated carbocycles. The van der Waals surface area contributed by atoms with Crippen LogP contribution in [0.3, 0.4) is 0 Å². The van der Waals surface area contributed by atoms with E-state index in [0.717, 1.165) is 34.2 Å². The molecule has 118 valence electrons. The maximum Gasteiger partial charge on any atom is 0.102 e. The van der Waals surface area contributed by atoms with Crippen LogP contribution in [0, 0.1) is 0 Å². The van der Waals surface area contributed by atoms with Gasteiger partial charge in [-0.15, -0.1) is 0 Å². The van der Waals surface area contributed by atoms with Crippen LogP contribution in [0.15, 0.2) is 83.0 Å². The fraction of sp³-hybridized carbons (Fsp3) is 0.100. The minimum atomic E-state index is 0.759. The van der Waals surface area contributed by atoms with Gasteiger partial charge in [0.15, 0.2) is 0 Å². The van der Waals surface area contributed by atoms with E-state index < -0.39 is 0 Å². The molecular formula is C20H18N4. The van der Waals surface area contributed by atoms with E-state index in [1.54, 1.807) is 12.4 Å². The molecule has 2 aromatic carbocycles. The molecule has 0 unspecified atom stereocenters. The van der Waals surface area contributed by atoms with Crippen molar-refractivity contribution < 1.29 is 0 Å². The number of hydrogen-bond donors (Lipinski definition) is 0. The van der Waals surface area contributed by atoms with Crippen LogP contribution in [0.4, 0.5) is 11.4 Å². The van der Waals surface area contributed by atoms with Gasteiger partial charge >= 0.3 is 0 Å². The second-order valence-electron chi connectivity index (χ2n) is 5.35. The molecule has 0 spiro atoms. The van der Waals surface area contributed by atoms with Gasteiger partial charge in [-0.25, -0.2) is 0 Å². The monoisotopic (exact) mass is 314 g/mol. The quantitative estimate of drug-likeness (QED) is 0.652. The number of aromatic nitrogens is 2. The predicted molar refractivity (Wildman–Crippen MR) is 98.7 cm³/mol. The Hall–Kier alpha value is -3.14. The van der Waals surface area contributed by atoms with Crippen LogP contribution in [0.2, 0.25) is 0 Å². The lowest BCUT2D eigenvalue weighted by atomic mass is 10.2. The topological polar surface area (TPSA) is 50.5 Å².